The van der Waals surface area contributed by atoms with E-state index in [1.54, 1.807) is 13.8 Å². The van der Waals surface area contributed by atoms with Gasteiger partial charge in [0.1, 0.15) is 18.4 Å². The maximum Gasteiger partial charge on any atom is 0.305 e. The molecule has 1 saturated heterocycles. The second kappa shape index (κ2) is 13.0. The zero-order valence-electron chi connectivity index (χ0n) is 21.4. The summed E-state index contributed by atoms with van der Waals surface area (Å²) in [6.45, 7) is 2.78. The normalized spacial score (nSPS) is 18.8. The number of ketones is 1. The Labute approximate surface area is 222 Å². The fraction of sp³-hybridized carbons (Fsp3) is 0.444. The van der Waals surface area contributed by atoms with E-state index in [-0.39, 0.29) is 12.0 Å². The van der Waals surface area contributed by atoms with E-state index in [0.29, 0.717) is 13.0 Å². The fourth-order valence-electron chi connectivity index (χ4n) is 4.32. The van der Waals surface area contributed by atoms with Gasteiger partial charge in [-0.25, -0.2) is 8.78 Å². The highest BCUT2D eigenvalue weighted by Gasteiger charge is 2.40. The van der Waals surface area contributed by atoms with E-state index in [4.69, 9.17) is 4.74 Å². The van der Waals surface area contributed by atoms with Crippen LogP contribution in [0.25, 0.3) is 0 Å². The first-order valence-corrected chi connectivity index (χ1v) is 12.4. The van der Waals surface area contributed by atoms with Crippen LogP contribution in [-0.2, 0) is 24.8 Å². The van der Waals surface area contributed by atoms with E-state index in [1.165, 1.54) is 0 Å². The van der Waals surface area contributed by atoms with Crippen molar-refractivity contribution < 1.29 is 46.5 Å². The van der Waals surface area contributed by atoms with Crippen molar-refractivity contribution in [2.24, 2.45) is 5.92 Å². The summed E-state index contributed by atoms with van der Waals surface area (Å²) in [5, 5.41) is 14.9. The molecule has 3 N–H and O–H groups in total. The lowest BCUT2D eigenvalue weighted by molar-refractivity contribution is -0.143. The molecule has 1 heterocycles. The molecule has 1 unspecified atom stereocenters. The van der Waals surface area contributed by atoms with Gasteiger partial charge in [0.2, 0.25) is 17.5 Å². The molecule has 0 aromatic heterocycles. The monoisotopic (exact) mass is 554 g/mol. The van der Waals surface area contributed by atoms with Gasteiger partial charge in [-0.2, -0.15) is 8.78 Å². The Bertz CT molecular complexity index is 1160. The Morgan fingerprint density at radius 1 is 1.05 bits per heavy atom. The van der Waals surface area contributed by atoms with Crippen LogP contribution in [0.4, 0.5) is 17.6 Å². The van der Waals surface area contributed by atoms with Gasteiger partial charge in [-0.15, -0.1) is 0 Å². The number of Topliss-reactive ketones (excluding diaryl/α,β-unsaturated/α-hetero) is 1. The molecule has 3 atom stereocenters. The Kier molecular flexibility index (Phi) is 10.0. The Morgan fingerprint density at radius 2 is 1.69 bits per heavy atom. The largest absolute Gasteiger partial charge is 0.481 e. The number of carbonyl (C=O) groups is 3. The lowest BCUT2D eigenvalue weighted by Gasteiger charge is -2.42. The van der Waals surface area contributed by atoms with Crippen LogP contribution in [0, 0.1) is 29.2 Å². The lowest BCUT2D eigenvalue weighted by Crippen LogP contribution is -2.60. The number of amides is 1. The quantitative estimate of drug-likeness (QED) is 0.270. The van der Waals surface area contributed by atoms with Crippen LogP contribution in [0.1, 0.15) is 45.1 Å². The van der Waals surface area contributed by atoms with Gasteiger partial charge >= 0.3 is 5.97 Å². The van der Waals surface area contributed by atoms with Gasteiger partial charge in [-0.1, -0.05) is 44.2 Å². The molecular weight excluding hydrogens is 524 g/mol. The molecule has 1 aliphatic rings. The van der Waals surface area contributed by atoms with E-state index in [2.05, 4.69) is 15.4 Å². The summed E-state index contributed by atoms with van der Waals surface area (Å²) < 4.78 is 65.5. The zero-order valence-corrected chi connectivity index (χ0v) is 21.4. The third kappa shape index (κ3) is 7.33. The number of carboxylic acids is 1. The first-order valence-electron chi connectivity index (χ1n) is 12.4. The summed E-state index contributed by atoms with van der Waals surface area (Å²) in [7, 11) is 0. The van der Waals surface area contributed by atoms with Crippen LogP contribution in [-0.4, -0.2) is 48.1 Å². The molecule has 1 aliphatic heterocycles. The number of halogens is 4. The average Bonchev–Trinajstić information content (AvgIpc) is 2.90. The molecule has 0 spiro atoms. The van der Waals surface area contributed by atoms with Gasteiger partial charge in [0.05, 0.1) is 12.5 Å². The van der Waals surface area contributed by atoms with Crippen molar-refractivity contribution in [1.82, 2.24) is 10.6 Å². The standard InChI is InChI=1S/C27H30F4N2O6/c1-15(2)24(33-27(10-6-7-11-39-27)16-8-4-3-5-9-16)26(37)32-19(13-21(35)36)20(34)14-38-25-22(30)17(28)12-18(29)23(25)31/h3-5,8-9,12,15,19,24,33H,6-7,10-11,13-14H2,1-2H3,(H,32,37)(H,35,36)/t19-,24-,27?/m0/s1. The highest BCUT2D eigenvalue weighted by molar-refractivity contribution is 5.94. The van der Waals surface area contributed by atoms with Gasteiger partial charge in [0, 0.05) is 12.7 Å². The summed E-state index contributed by atoms with van der Waals surface area (Å²) in [6.07, 6.45) is 1.34. The van der Waals surface area contributed by atoms with E-state index >= 15 is 0 Å². The number of rotatable bonds is 12. The van der Waals surface area contributed by atoms with Gasteiger partial charge in [0.15, 0.2) is 23.2 Å². The summed E-state index contributed by atoms with van der Waals surface area (Å²) >= 11 is 0. The van der Waals surface area contributed by atoms with Crippen molar-refractivity contribution in [3.8, 4) is 5.75 Å². The van der Waals surface area contributed by atoms with Crippen LogP contribution < -0.4 is 15.4 Å². The van der Waals surface area contributed by atoms with Crippen LogP contribution >= 0.6 is 0 Å². The number of aliphatic carboxylic acids is 1. The lowest BCUT2D eigenvalue weighted by atomic mass is 9.91. The van der Waals surface area contributed by atoms with E-state index in [9.17, 15) is 37.1 Å². The van der Waals surface area contributed by atoms with Crippen LogP contribution in [0.2, 0.25) is 0 Å². The van der Waals surface area contributed by atoms with Gasteiger partial charge in [-0.3, -0.25) is 19.7 Å². The third-order valence-electron chi connectivity index (χ3n) is 6.36. The van der Waals surface area contributed by atoms with Crippen molar-refractivity contribution in [1.29, 1.82) is 0 Å². The second-order valence-corrected chi connectivity index (χ2v) is 9.58. The molecule has 3 rings (SSSR count). The van der Waals surface area contributed by atoms with Crippen LogP contribution in [0.15, 0.2) is 36.4 Å². The highest BCUT2D eigenvalue weighted by Crippen LogP contribution is 2.34. The van der Waals surface area contributed by atoms with Crippen LogP contribution in [0.5, 0.6) is 5.75 Å². The maximum atomic E-state index is 13.9. The number of benzene rings is 2. The summed E-state index contributed by atoms with van der Waals surface area (Å²) in [5.41, 5.74) is -0.210. The second-order valence-electron chi connectivity index (χ2n) is 9.58. The molecule has 1 amide bonds. The van der Waals surface area contributed by atoms with E-state index in [1.807, 2.05) is 30.3 Å². The molecular formula is C27H30F4N2O6. The van der Waals surface area contributed by atoms with Crippen molar-refractivity contribution in [2.75, 3.05) is 13.2 Å². The number of ether oxygens (including phenoxy) is 2. The topological polar surface area (TPSA) is 114 Å². The summed E-state index contributed by atoms with van der Waals surface area (Å²) in [5.74, 6) is -12.3. The Balaban J connectivity index is 1.79. The molecule has 0 saturated carbocycles. The SMILES string of the molecule is CC(C)[C@H](NC1(c2ccccc2)CCCCO1)C(=O)N[C@@H](CC(=O)O)C(=O)COc1c(F)c(F)cc(F)c1F. The number of carbonyl (C=O) groups excluding carboxylic acids is 2. The predicted octanol–water partition coefficient (Wildman–Crippen LogP) is 3.82. The maximum absolute atomic E-state index is 13.9. The summed E-state index contributed by atoms with van der Waals surface area (Å²) in [6, 6.07) is 6.59. The summed E-state index contributed by atoms with van der Waals surface area (Å²) in [4.78, 5) is 37.6. The van der Waals surface area contributed by atoms with Gasteiger partial charge in [-0.05, 0) is 30.7 Å². The number of hydrogen-bond donors (Lipinski definition) is 3. The molecule has 0 bridgehead atoms. The first-order chi connectivity index (χ1) is 18.4. The van der Waals surface area contributed by atoms with Crippen molar-refractivity contribution in [3.63, 3.8) is 0 Å². The number of nitrogens with one attached hydrogen (secondary N) is 2. The van der Waals surface area contributed by atoms with E-state index < -0.39 is 77.5 Å². The average molecular weight is 555 g/mol. The van der Waals surface area contributed by atoms with Crippen molar-refractivity contribution in [2.45, 2.75) is 57.3 Å². The first kappa shape index (κ1) is 30.0. The van der Waals surface area contributed by atoms with Gasteiger partial charge < -0.3 is 19.9 Å². The fourth-order valence-corrected chi connectivity index (χ4v) is 4.32. The van der Waals surface area contributed by atoms with E-state index in [0.717, 1.165) is 18.4 Å². The molecule has 0 radical (unpaired) electrons. The molecule has 2 aromatic rings. The smallest absolute Gasteiger partial charge is 0.305 e. The van der Waals surface area contributed by atoms with Crippen molar-refractivity contribution in [3.05, 3.63) is 65.2 Å². The molecule has 12 heteroatoms. The zero-order chi connectivity index (χ0) is 28.7. The molecule has 39 heavy (non-hydrogen) atoms. The Morgan fingerprint density at radius 3 is 2.23 bits per heavy atom. The molecule has 0 aliphatic carbocycles. The minimum absolute atomic E-state index is 0.0237. The minimum Gasteiger partial charge on any atom is -0.481 e. The number of hydrogen-bond acceptors (Lipinski definition) is 6. The third-order valence-corrected chi connectivity index (χ3v) is 6.36. The van der Waals surface area contributed by atoms with Crippen molar-refractivity contribution >= 4 is 17.7 Å². The highest BCUT2D eigenvalue weighted by atomic mass is 19.2. The predicted molar refractivity (Wildman–Crippen MR) is 131 cm³/mol. The minimum atomic E-state index is -1.86. The van der Waals surface area contributed by atoms with Crippen LogP contribution in [0.3, 0.4) is 0 Å². The molecule has 8 nitrogen and oxygen atoms in total. The van der Waals surface area contributed by atoms with Gasteiger partial charge in [0.25, 0.3) is 0 Å². The molecule has 2 aromatic carbocycles. The molecule has 212 valence electrons. The number of carboxylic acid groups (broad SMARTS) is 1. The Hall–Kier alpha value is -3.51. The molecule has 1 fully saturated rings.